The number of benzene rings is 1. The maximum atomic E-state index is 12.0. The molecule has 128 valence electrons. The van der Waals surface area contributed by atoms with Crippen LogP contribution in [0.2, 0.25) is 0 Å². The summed E-state index contributed by atoms with van der Waals surface area (Å²) in [7, 11) is -2.98. The average Bonchev–Trinajstić information content (AvgIpc) is 2.85. The first kappa shape index (κ1) is 16.7. The van der Waals surface area contributed by atoms with Gasteiger partial charge in [0.15, 0.2) is 9.84 Å². The van der Waals surface area contributed by atoms with Gasteiger partial charge in [-0.15, -0.1) is 0 Å². The van der Waals surface area contributed by atoms with Gasteiger partial charge in [0.2, 0.25) is 5.91 Å². The Balaban J connectivity index is 1.62. The summed E-state index contributed by atoms with van der Waals surface area (Å²) in [5.41, 5.74) is 2.33. The fourth-order valence-corrected chi connectivity index (χ4v) is 4.66. The number of nitrogens with one attached hydrogen (secondary N) is 2. The standard InChI is InChI=1S/C17H20N2O4S/c1-11-8-13-9-12(2-4-15(13)19-17(11)21)3-5-16(20)18-14-6-7-24(22,23)10-14/h2,4,8-9,14H,3,5-7,10H2,1H3,(H,18,20)(H,19,21). The highest BCUT2D eigenvalue weighted by molar-refractivity contribution is 7.91. The minimum Gasteiger partial charge on any atom is -0.352 e. The third-order valence-electron chi connectivity index (χ3n) is 4.33. The Kier molecular flexibility index (Phi) is 4.45. The lowest BCUT2D eigenvalue weighted by atomic mass is 10.1. The fraction of sp³-hybridized carbons (Fsp3) is 0.412. The van der Waals surface area contributed by atoms with Crippen LogP contribution in [0.15, 0.2) is 29.1 Å². The molecule has 0 aliphatic carbocycles. The lowest BCUT2D eigenvalue weighted by Crippen LogP contribution is -2.35. The van der Waals surface area contributed by atoms with E-state index in [4.69, 9.17) is 0 Å². The Morgan fingerprint density at radius 2 is 2.12 bits per heavy atom. The number of aryl methyl sites for hydroxylation is 2. The summed E-state index contributed by atoms with van der Waals surface area (Å²) in [5, 5.41) is 3.73. The number of carbonyl (C=O) groups is 1. The van der Waals surface area contributed by atoms with Crippen molar-refractivity contribution in [1.29, 1.82) is 0 Å². The second kappa shape index (κ2) is 6.39. The SMILES string of the molecule is Cc1cc2cc(CCC(=O)NC3CCS(=O)(=O)C3)ccc2[nH]c1=O. The number of H-pyrrole nitrogens is 1. The van der Waals surface area contributed by atoms with Crippen LogP contribution in [0.5, 0.6) is 0 Å². The second-order valence-corrected chi connectivity index (χ2v) is 8.60. The number of aromatic nitrogens is 1. The molecule has 1 aromatic heterocycles. The van der Waals surface area contributed by atoms with Crippen LogP contribution in [-0.2, 0) is 21.1 Å². The molecule has 1 amide bonds. The van der Waals surface area contributed by atoms with E-state index in [2.05, 4.69) is 10.3 Å². The van der Waals surface area contributed by atoms with Gasteiger partial charge in [0.05, 0.1) is 11.5 Å². The van der Waals surface area contributed by atoms with E-state index in [1.54, 1.807) is 6.92 Å². The van der Waals surface area contributed by atoms with Crippen molar-refractivity contribution < 1.29 is 13.2 Å². The predicted octanol–water partition coefficient (Wildman–Crippen LogP) is 1.07. The molecule has 1 aliphatic rings. The van der Waals surface area contributed by atoms with Crippen LogP contribution in [0.25, 0.3) is 10.9 Å². The smallest absolute Gasteiger partial charge is 0.251 e. The molecule has 1 fully saturated rings. The predicted molar refractivity (Wildman–Crippen MR) is 92.8 cm³/mol. The molecule has 7 heteroatoms. The number of hydrogen-bond acceptors (Lipinski definition) is 4. The van der Waals surface area contributed by atoms with Gasteiger partial charge in [0.25, 0.3) is 5.56 Å². The Bertz CT molecular complexity index is 947. The minimum atomic E-state index is -2.98. The molecule has 24 heavy (non-hydrogen) atoms. The highest BCUT2D eigenvalue weighted by Gasteiger charge is 2.28. The van der Waals surface area contributed by atoms with Gasteiger partial charge in [0.1, 0.15) is 0 Å². The molecular weight excluding hydrogens is 328 g/mol. The summed E-state index contributed by atoms with van der Waals surface area (Å²) in [4.78, 5) is 26.4. The monoisotopic (exact) mass is 348 g/mol. The zero-order valence-electron chi connectivity index (χ0n) is 13.5. The van der Waals surface area contributed by atoms with Crippen molar-refractivity contribution in [3.8, 4) is 0 Å². The Hall–Kier alpha value is -2.15. The molecule has 1 aliphatic heterocycles. The number of amides is 1. The van der Waals surface area contributed by atoms with Crippen LogP contribution in [-0.4, -0.2) is 36.9 Å². The van der Waals surface area contributed by atoms with Crippen LogP contribution in [0.1, 0.15) is 24.0 Å². The molecule has 1 aromatic carbocycles. The number of sulfone groups is 1. The van der Waals surface area contributed by atoms with Crippen molar-refractivity contribution in [2.75, 3.05) is 11.5 Å². The van der Waals surface area contributed by atoms with E-state index in [1.807, 2.05) is 24.3 Å². The zero-order chi connectivity index (χ0) is 17.3. The van der Waals surface area contributed by atoms with Gasteiger partial charge in [-0.25, -0.2) is 8.42 Å². The Morgan fingerprint density at radius 3 is 2.83 bits per heavy atom. The molecule has 3 rings (SSSR count). The zero-order valence-corrected chi connectivity index (χ0v) is 14.3. The van der Waals surface area contributed by atoms with Gasteiger partial charge in [-0.1, -0.05) is 6.07 Å². The van der Waals surface area contributed by atoms with Crippen molar-refractivity contribution in [3.05, 3.63) is 45.7 Å². The van der Waals surface area contributed by atoms with E-state index < -0.39 is 9.84 Å². The van der Waals surface area contributed by atoms with Crippen LogP contribution >= 0.6 is 0 Å². The number of fused-ring (bicyclic) bond motifs is 1. The summed E-state index contributed by atoms with van der Waals surface area (Å²) in [6.45, 7) is 1.76. The summed E-state index contributed by atoms with van der Waals surface area (Å²) in [6.07, 6.45) is 1.38. The number of hydrogen-bond donors (Lipinski definition) is 2. The number of carbonyl (C=O) groups excluding carboxylic acids is 1. The van der Waals surface area contributed by atoms with E-state index in [1.165, 1.54) is 0 Å². The Labute approximate surface area is 140 Å². The topological polar surface area (TPSA) is 96.1 Å². The van der Waals surface area contributed by atoms with E-state index in [-0.39, 0.29) is 29.0 Å². The highest BCUT2D eigenvalue weighted by Crippen LogP contribution is 2.15. The first-order valence-corrected chi connectivity index (χ1v) is 9.77. The maximum Gasteiger partial charge on any atom is 0.251 e. The molecule has 1 unspecified atom stereocenters. The first-order valence-electron chi connectivity index (χ1n) is 7.95. The molecule has 0 saturated carbocycles. The van der Waals surface area contributed by atoms with Gasteiger partial charge >= 0.3 is 0 Å². The Morgan fingerprint density at radius 1 is 1.33 bits per heavy atom. The molecule has 0 radical (unpaired) electrons. The van der Waals surface area contributed by atoms with E-state index in [0.717, 1.165) is 16.5 Å². The fourth-order valence-electron chi connectivity index (χ4n) is 2.99. The molecule has 0 spiro atoms. The molecule has 2 heterocycles. The third-order valence-corrected chi connectivity index (χ3v) is 6.10. The average molecular weight is 348 g/mol. The lowest BCUT2D eigenvalue weighted by Gasteiger charge is -2.11. The van der Waals surface area contributed by atoms with E-state index >= 15 is 0 Å². The van der Waals surface area contributed by atoms with Gasteiger partial charge in [-0.2, -0.15) is 0 Å². The van der Waals surface area contributed by atoms with Crippen molar-refractivity contribution in [3.63, 3.8) is 0 Å². The molecule has 2 N–H and O–H groups in total. The number of rotatable bonds is 4. The molecular formula is C17H20N2O4S. The van der Waals surface area contributed by atoms with Gasteiger partial charge < -0.3 is 10.3 Å². The quantitative estimate of drug-likeness (QED) is 0.864. The summed E-state index contributed by atoms with van der Waals surface area (Å²) in [6, 6.07) is 7.27. The van der Waals surface area contributed by atoms with E-state index in [9.17, 15) is 18.0 Å². The molecule has 0 bridgehead atoms. The first-order chi connectivity index (χ1) is 11.3. The van der Waals surface area contributed by atoms with Gasteiger partial charge in [0, 0.05) is 23.5 Å². The molecule has 1 atom stereocenters. The van der Waals surface area contributed by atoms with Crippen LogP contribution < -0.4 is 10.9 Å². The second-order valence-electron chi connectivity index (χ2n) is 6.37. The van der Waals surface area contributed by atoms with Gasteiger partial charge in [-0.3, -0.25) is 9.59 Å². The maximum absolute atomic E-state index is 12.0. The van der Waals surface area contributed by atoms with Crippen LogP contribution in [0, 0.1) is 6.92 Å². The number of pyridine rings is 1. The normalized spacial score (nSPS) is 19.5. The third kappa shape index (κ3) is 3.84. The number of aromatic amines is 1. The van der Waals surface area contributed by atoms with Crippen LogP contribution in [0.3, 0.4) is 0 Å². The van der Waals surface area contributed by atoms with Crippen molar-refractivity contribution in [2.45, 2.75) is 32.2 Å². The summed E-state index contributed by atoms with van der Waals surface area (Å²) >= 11 is 0. The molecule has 6 nitrogen and oxygen atoms in total. The highest BCUT2D eigenvalue weighted by atomic mass is 32.2. The van der Waals surface area contributed by atoms with Crippen LogP contribution in [0.4, 0.5) is 0 Å². The summed E-state index contributed by atoms with van der Waals surface area (Å²) in [5.74, 6) is 0.0662. The van der Waals surface area contributed by atoms with Crippen molar-refractivity contribution in [2.24, 2.45) is 0 Å². The lowest BCUT2D eigenvalue weighted by molar-refractivity contribution is -0.121. The van der Waals surface area contributed by atoms with Gasteiger partial charge in [-0.05, 0) is 48.9 Å². The molecule has 1 saturated heterocycles. The van der Waals surface area contributed by atoms with Crippen molar-refractivity contribution >= 4 is 26.6 Å². The largest absolute Gasteiger partial charge is 0.352 e. The van der Waals surface area contributed by atoms with Crippen molar-refractivity contribution in [1.82, 2.24) is 10.3 Å². The summed E-state index contributed by atoms with van der Waals surface area (Å²) < 4.78 is 22.8. The minimum absolute atomic E-state index is 0.0430. The van der Waals surface area contributed by atoms with E-state index in [0.29, 0.717) is 24.8 Å². The molecule has 2 aromatic rings.